The predicted octanol–water partition coefficient (Wildman–Crippen LogP) is 5.31. The topological polar surface area (TPSA) is 12.0 Å². The van der Waals surface area contributed by atoms with Gasteiger partial charge in [0.2, 0.25) is 0 Å². The van der Waals surface area contributed by atoms with E-state index in [1.54, 1.807) is 0 Å². The van der Waals surface area contributed by atoms with Gasteiger partial charge in [-0.1, -0.05) is 25.1 Å². The van der Waals surface area contributed by atoms with Crippen LogP contribution in [0.4, 0.5) is 0 Å². The molecule has 3 rings (SSSR count). The number of nitrogens with one attached hydrogen (secondary N) is 1. The first kappa shape index (κ1) is 15.6. The Labute approximate surface area is 143 Å². The number of fused-ring (bicyclic) bond motifs is 1. The van der Waals surface area contributed by atoms with Crippen molar-refractivity contribution in [1.82, 2.24) is 5.32 Å². The molecule has 4 heteroatoms. The molecule has 1 aromatic heterocycles. The Morgan fingerprint density at radius 2 is 2.14 bits per heavy atom. The van der Waals surface area contributed by atoms with Gasteiger partial charge in [0, 0.05) is 27.5 Å². The zero-order chi connectivity index (χ0) is 14.7. The van der Waals surface area contributed by atoms with Gasteiger partial charge in [0.1, 0.15) is 0 Å². The second-order valence-corrected chi connectivity index (χ2v) is 9.04. The number of hydrogen-bond donors (Lipinski definition) is 1. The van der Waals surface area contributed by atoms with Crippen molar-refractivity contribution in [2.45, 2.75) is 36.6 Å². The lowest BCUT2D eigenvalue weighted by Gasteiger charge is -2.25. The molecular weight excluding hydrogens is 362 g/mol. The Morgan fingerprint density at radius 1 is 1.29 bits per heavy atom. The summed E-state index contributed by atoms with van der Waals surface area (Å²) in [6.45, 7) is 3.34. The molecule has 2 heterocycles. The van der Waals surface area contributed by atoms with E-state index in [2.05, 4.69) is 64.6 Å². The summed E-state index contributed by atoms with van der Waals surface area (Å²) in [5.41, 5.74) is 1.53. The number of rotatable bonds is 6. The highest BCUT2D eigenvalue weighted by Crippen LogP contribution is 2.42. The quantitative estimate of drug-likeness (QED) is 0.727. The molecule has 2 atom stereocenters. The molecule has 1 aliphatic rings. The summed E-state index contributed by atoms with van der Waals surface area (Å²) < 4.78 is 1.23. The van der Waals surface area contributed by atoms with Crippen molar-refractivity contribution in [1.29, 1.82) is 0 Å². The predicted molar refractivity (Wildman–Crippen MR) is 97.7 cm³/mol. The molecule has 0 bridgehead atoms. The van der Waals surface area contributed by atoms with Crippen LogP contribution in [0.25, 0.3) is 0 Å². The van der Waals surface area contributed by atoms with Gasteiger partial charge in [0.25, 0.3) is 0 Å². The van der Waals surface area contributed by atoms with E-state index in [-0.39, 0.29) is 0 Å². The Balaban J connectivity index is 1.79. The zero-order valence-electron chi connectivity index (χ0n) is 12.1. The summed E-state index contributed by atoms with van der Waals surface area (Å²) in [6.07, 6.45) is 2.31. The van der Waals surface area contributed by atoms with Crippen molar-refractivity contribution in [2.75, 3.05) is 12.3 Å². The Hall–Kier alpha value is -0.290. The van der Waals surface area contributed by atoms with Crippen LogP contribution in [0.1, 0.15) is 29.7 Å². The molecular formula is C17H20BrNS2. The molecule has 1 N–H and O–H groups in total. The van der Waals surface area contributed by atoms with Crippen LogP contribution in [-0.4, -0.2) is 18.3 Å². The van der Waals surface area contributed by atoms with Crippen molar-refractivity contribution in [3.05, 3.63) is 50.6 Å². The maximum Gasteiger partial charge on any atom is 0.0701 e. The van der Waals surface area contributed by atoms with E-state index in [1.807, 2.05) is 23.1 Å². The minimum absolute atomic E-state index is 0.534. The Morgan fingerprint density at radius 3 is 2.90 bits per heavy atom. The molecule has 112 valence electrons. The average Bonchev–Trinajstić information content (AvgIpc) is 3.09. The molecule has 21 heavy (non-hydrogen) atoms. The van der Waals surface area contributed by atoms with E-state index < -0.39 is 0 Å². The summed E-state index contributed by atoms with van der Waals surface area (Å²) in [5, 5.41) is 3.79. The standard InChI is InChI=1S/C17H20BrNS2/c1-2-9-19-15(10-12-7-8-17(18)21-12)14-11-20-16-6-4-3-5-13(14)16/h3-8,14-15,19H,2,9-11H2,1H3. The van der Waals surface area contributed by atoms with Crippen LogP contribution in [0.15, 0.2) is 45.1 Å². The first-order valence-corrected chi connectivity index (χ1v) is 10.1. The van der Waals surface area contributed by atoms with Crippen molar-refractivity contribution < 1.29 is 0 Å². The van der Waals surface area contributed by atoms with Crippen molar-refractivity contribution in [3.63, 3.8) is 0 Å². The molecule has 2 aromatic rings. The second kappa shape index (κ2) is 7.32. The molecule has 1 aromatic carbocycles. The second-order valence-electron chi connectivity index (χ2n) is 5.43. The highest BCUT2D eigenvalue weighted by Gasteiger charge is 2.30. The molecule has 0 aliphatic carbocycles. The largest absolute Gasteiger partial charge is 0.313 e. The molecule has 0 spiro atoms. The lowest BCUT2D eigenvalue weighted by Crippen LogP contribution is -2.37. The fourth-order valence-corrected chi connectivity index (χ4v) is 5.76. The van der Waals surface area contributed by atoms with Gasteiger partial charge in [-0.05, 0) is 59.1 Å². The summed E-state index contributed by atoms with van der Waals surface area (Å²) in [7, 11) is 0. The zero-order valence-corrected chi connectivity index (χ0v) is 15.4. The van der Waals surface area contributed by atoms with Crippen LogP contribution < -0.4 is 5.32 Å². The number of thiophene rings is 1. The summed E-state index contributed by atoms with van der Waals surface area (Å²) in [6, 6.07) is 13.8. The van der Waals surface area contributed by atoms with Gasteiger partial charge in [-0.25, -0.2) is 0 Å². The minimum atomic E-state index is 0.534. The van der Waals surface area contributed by atoms with Gasteiger partial charge in [0.05, 0.1) is 3.79 Å². The van der Waals surface area contributed by atoms with Crippen molar-refractivity contribution in [3.8, 4) is 0 Å². The van der Waals surface area contributed by atoms with Gasteiger partial charge in [-0.3, -0.25) is 0 Å². The number of benzene rings is 1. The normalized spacial score (nSPS) is 18.7. The smallest absolute Gasteiger partial charge is 0.0701 e. The summed E-state index contributed by atoms with van der Waals surface area (Å²) in [4.78, 5) is 2.93. The highest BCUT2D eigenvalue weighted by atomic mass is 79.9. The maximum atomic E-state index is 3.79. The van der Waals surface area contributed by atoms with Crippen LogP contribution in [-0.2, 0) is 6.42 Å². The van der Waals surface area contributed by atoms with Crippen molar-refractivity contribution in [2.24, 2.45) is 0 Å². The van der Waals surface area contributed by atoms with Crippen LogP contribution >= 0.6 is 39.0 Å². The van der Waals surface area contributed by atoms with Crippen molar-refractivity contribution >= 4 is 39.0 Å². The number of hydrogen-bond acceptors (Lipinski definition) is 3. The van der Waals surface area contributed by atoms with Gasteiger partial charge >= 0.3 is 0 Å². The summed E-state index contributed by atoms with van der Waals surface area (Å²) >= 11 is 7.45. The van der Waals surface area contributed by atoms with Crippen LogP contribution in [0.3, 0.4) is 0 Å². The third-order valence-corrected chi connectivity index (χ3v) is 6.78. The van der Waals surface area contributed by atoms with Gasteiger partial charge in [-0.15, -0.1) is 23.1 Å². The lowest BCUT2D eigenvalue weighted by molar-refractivity contribution is 0.454. The molecule has 0 saturated carbocycles. The molecule has 0 amide bonds. The molecule has 1 aliphatic heterocycles. The van der Waals surface area contributed by atoms with E-state index >= 15 is 0 Å². The minimum Gasteiger partial charge on any atom is -0.313 e. The van der Waals surface area contributed by atoms with Crippen LogP contribution in [0.2, 0.25) is 0 Å². The first-order chi connectivity index (χ1) is 10.3. The third kappa shape index (κ3) is 3.73. The Bertz CT molecular complexity index is 596. The Kier molecular flexibility index (Phi) is 5.43. The number of thioether (sulfide) groups is 1. The van der Waals surface area contributed by atoms with E-state index in [0.717, 1.165) is 13.0 Å². The van der Waals surface area contributed by atoms with Gasteiger partial charge < -0.3 is 5.32 Å². The molecule has 0 radical (unpaired) electrons. The lowest BCUT2D eigenvalue weighted by atomic mass is 9.90. The van der Waals surface area contributed by atoms with E-state index in [4.69, 9.17) is 0 Å². The summed E-state index contributed by atoms with van der Waals surface area (Å²) in [5.74, 6) is 1.83. The fraction of sp³-hybridized carbons (Fsp3) is 0.412. The highest BCUT2D eigenvalue weighted by molar-refractivity contribution is 9.11. The van der Waals surface area contributed by atoms with Gasteiger partial charge in [-0.2, -0.15) is 0 Å². The average molecular weight is 382 g/mol. The fourth-order valence-electron chi connectivity index (χ4n) is 2.89. The van der Waals surface area contributed by atoms with Crippen LogP contribution in [0.5, 0.6) is 0 Å². The molecule has 2 unspecified atom stereocenters. The van der Waals surface area contributed by atoms with E-state index in [1.165, 1.54) is 31.3 Å². The van der Waals surface area contributed by atoms with E-state index in [9.17, 15) is 0 Å². The maximum absolute atomic E-state index is 3.79. The van der Waals surface area contributed by atoms with Gasteiger partial charge in [0.15, 0.2) is 0 Å². The third-order valence-electron chi connectivity index (χ3n) is 3.93. The van der Waals surface area contributed by atoms with E-state index in [0.29, 0.717) is 12.0 Å². The van der Waals surface area contributed by atoms with Crippen LogP contribution in [0, 0.1) is 0 Å². The molecule has 0 saturated heterocycles. The molecule has 0 fully saturated rings. The SMILES string of the molecule is CCCNC(Cc1ccc(Br)s1)C1CSc2ccccc21. The monoisotopic (exact) mass is 381 g/mol. The first-order valence-electron chi connectivity index (χ1n) is 7.47. The number of halogens is 1. The molecule has 1 nitrogen and oxygen atoms in total.